The minimum atomic E-state index is -0.191. The van der Waals surface area contributed by atoms with Crippen molar-refractivity contribution >= 4 is 0 Å². The molecular weight excluding hydrogens is 158 g/mol. The van der Waals surface area contributed by atoms with Crippen LogP contribution in [0.1, 0.15) is 26.7 Å². The molecule has 0 saturated carbocycles. The van der Waals surface area contributed by atoms with Gasteiger partial charge in [-0.15, -0.1) is 0 Å². The van der Waals surface area contributed by atoms with Crippen molar-refractivity contribution in [2.45, 2.75) is 32.2 Å². The lowest BCUT2D eigenvalue weighted by atomic mass is 9.80. The summed E-state index contributed by atoms with van der Waals surface area (Å²) in [5, 5.41) is 0. The second kappa shape index (κ2) is 3.93. The van der Waals surface area contributed by atoms with Gasteiger partial charge in [0.2, 0.25) is 0 Å². The van der Waals surface area contributed by atoms with Gasteiger partial charge in [0.25, 0.3) is 0 Å². The third-order valence-electron chi connectivity index (χ3n) is 3.05. The first-order valence-corrected chi connectivity index (χ1v) is 4.97. The Morgan fingerprint density at radius 1 is 1.31 bits per heavy atom. The largest absolute Gasteiger partial charge is 0.322 e. The fourth-order valence-electron chi connectivity index (χ4n) is 1.70. The summed E-state index contributed by atoms with van der Waals surface area (Å²) in [6, 6.07) is 0. The molecule has 0 bridgehead atoms. The van der Waals surface area contributed by atoms with Gasteiger partial charge in [-0.1, -0.05) is 44.7 Å². The number of rotatable bonds is 4. The topological polar surface area (TPSA) is 26.0 Å². The highest BCUT2D eigenvalue weighted by atomic mass is 14.7. The molecule has 0 heterocycles. The van der Waals surface area contributed by atoms with Gasteiger partial charge >= 0.3 is 0 Å². The zero-order chi connectivity index (χ0) is 9.90. The van der Waals surface area contributed by atoms with Gasteiger partial charge in [0.05, 0.1) is 0 Å². The Morgan fingerprint density at radius 3 is 2.15 bits per heavy atom. The zero-order valence-electron chi connectivity index (χ0n) is 8.59. The Bertz CT molecular complexity index is 232. The van der Waals surface area contributed by atoms with Crippen LogP contribution in [0.4, 0.5) is 0 Å². The average molecular weight is 177 g/mol. The second-order valence-corrected chi connectivity index (χ2v) is 3.68. The van der Waals surface area contributed by atoms with Gasteiger partial charge < -0.3 is 5.73 Å². The SMILES string of the molecule is C=C(C1C=CC=C1)C(N)(CC)CC. The Balaban J connectivity index is 2.75. The van der Waals surface area contributed by atoms with Crippen molar-refractivity contribution in [2.24, 2.45) is 11.7 Å². The van der Waals surface area contributed by atoms with Gasteiger partial charge in [0, 0.05) is 11.5 Å². The molecule has 0 radical (unpaired) electrons. The van der Waals surface area contributed by atoms with Crippen molar-refractivity contribution in [2.75, 3.05) is 0 Å². The van der Waals surface area contributed by atoms with E-state index in [-0.39, 0.29) is 5.54 Å². The minimum absolute atomic E-state index is 0.191. The summed E-state index contributed by atoms with van der Waals surface area (Å²) in [4.78, 5) is 0. The number of allylic oxidation sites excluding steroid dienone is 4. The van der Waals surface area contributed by atoms with Gasteiger partial charge in [-0.05, 0) is 18.4 Å². The summed E-state index contributed by atoms with van der Waals surface area (Å²) >= 11 is 0. The van der Waals surface area contributed by atoms with E-state index in [4.69, 9.17) is 5.73 Å². The summed E-state index contributed by atoms with van der Waals surface area (Å²) in [5.74, 6) is 0.352. The van der Waals surface area contributed by atoms with E-state index in [1.54, 1.807) is 0 Å². The van der Waals surface area contributed by atoms with Crippen LogP contribution in [-0.2, 0) is 0 Å². The molecule has 13 heavy (non-hydrogen) atoms. The van der Waals surface area contributed by atoms with E-state index in [1.807, 2.05) is 0 Å². The lowest BCUT2D eigenvalue weighted by Crippen LogP contribution is -2.41. The smallest absolute Gasteiger partial charge is 0.0369 e. The lowest BCUT2D eigenvalue weighted by Gasteiger charge is -2.31. The van der Waals surface area contributed by atoms with Crippen LogP contribution in [0.25, 0.3) is 0 Å². The van der Waals surface area contributed by atoms with Crippen LogP contribution < -0.4 is 5.73 Å². The maximum absolute atomic E-state index is 6.25. The fraction of sp³-hybridized carbons (Fsp3) is 0.500. The maximum atomic E-state index is 6.25. The molecule has 0 saturated heterocycles. The third-order valence-corrected chi connectivity index (χ3v) is 3.05. The molecule has 0 atom stereocenters. The van der Waals surface area contributed by atoms with E-state index in [0.29, 0.717) is 5.92 Å². The quantitative estimate of drug-likeness (QED) is 0.656. The van der Waals surface area contributed by atoms with Crippen molar-refractivity contribution in [3.8, 4) is 0 Å². The molecule has 0 amide bonds. The van der Waals surface area contributed by atoms with Crippen LogP contribution in [-0.4, -0.2) is 5.54 Å². The van der Waals surface area contributed by atoms with E-state index in [1.165, 1.54) is 0 Å². The first kappa shape index (κ1) is 10.3. The predicted molar refractivity (Wildman–Crippen MR) is 58.4 cm³/mol. The van der Waals surface area contributed by atoms with E-state index >= 15 is 0 Å². The van der Waals surface area contributed by atoms with E-state index < -0.39 is 0 Å². The van der Waals surface area contributed by atoms with Gasteiger partial charge in [-0.3, -0.25) is 0 Å². The summed E-state index contributed by atoms with van der Waals surface area (Å²) in [6.45, 7) is 8.37. The van der Waals surface area contributed by atoms with E-state index in [2.05, 4.69) is 44.7 Å². The highest BCUT2D eigenvalue weighted by Gasteiger charge is 2.27. The normalized spacial score (nSPS) is 16.8. The highest BCUT2D eigenvalue weighted by molar-refractivity contribution is 5.32. The molecule has 1 aliphatic rings. The molecule has 72 valence electrons. The molecule has 0 aromatic carbocycles. The summed E-state index contributed by atoms with van der Waals surface area (Å²) < 4.78 is 0. The van der Waals surface area contributed by atoms with Gasteiger partial charge in [0.15, 0.2) is 0 Å². The molecular formula is C12H19N. The molecule has 0 aromatic rings. The van der Waals surface area contributed by atoms with Crippen LogP contribution in [0.3, 0.4) is 0 Å². The van der Waals surface area contributed by atoms with Gasteiger partial charge in [-0.2, -0.15) is 0 Å². The van der Waals surface area contributed by atoms with Crippen LogP contribution in [0, 0.1) is 5.92 Å². The van der Waals surface area contributed by atoms with Crippen molar-refractivity contribution in [3.63, 3.8) is 0 Å². The molecule has 0 aromatic heterocycles. The first-order chi connectivity index (χ1) is 6.14. The third kappa shape index (κ3) is 1.92. The predicted octanol–water partition coefficient (Wildman–Crippen LogP) is 2.80. The Kier molecular flexibility index (Phi) is 3.10. The molecule has 0 fully saturated rings. The molecule has 1 rings (SSSR count). The average Bonchev–Trinajstić information content (AvgIpc) is 2.68. The van der Waals surface area contributed by atoms with Crippen LogP contribution >= 0.6 is 0 Å². The Labute approximate surface area is 81.0 Å². The summed E-state index contributed by atoms with van der Waals surface area (Å²) in [5.41, 5.74) is 7.20. The van der Waals surface area contributed by atoms with Crippen LogP contribution in [0.2, 0.25) is 0 Å². The number of hydrogen-bond donors (Lipinski definition) is 1. The summed E-state index contributed by atoms with van der Waals surface area (Å²) in [7, 11) is 0. The second-order valence-electron chi connectivity index (χ2n) is 3.68. The summed E-state index contributed by atoms with van der Waals surface area (Å²) in [6.07, 6.45) is 10.3. The van der Waals surface area contributed by atoms with Crippen LogP contribution in [0.5, 0.6) is 0 Å². The monoisotopic (exact) mass is 177 g/mol. The van der Waals surface area contributed by atoms with E-state index in [0.717, 1.165) is 18.4 Å². The molecule has 2 N–H and O–H groups in total. The molecule has 1 heteroatoms. The first-order valence-electron chi connectivity index (χ1n) is 4.97. The van der Waals surface area contributed by atoms with Crippen LogP contribution in [0.15, 0.2) is 36.5 Å². The molecule has 1 aliphatic carbocycles. The molecule has 1 nitrogen and oxygen atoms in total. The number of hydrogen-bond acceptors (Lipinski definition) is 1. The standard InChI is InChI=1S/C12H19N/c1-4-12(13,5-2)10(3)11-8-6-7-9-11/h6-9,11H,3-5,13H2,1-2H3. The lowest BCUT2D eigenvalue weighted by molar-refractivity contribution is 0.445. The van der Waals surface area contributed by atoms with Gasteiger partial charge in [0.1, 0.15) is 0 Å². The maximum Gasteiger partial charge on any atom is 0.0369 e. The van der Waals surface area contributed by atoms with Crippen molar-refractivity contribution in [1.29, 1.82) is 0 Å². The fourth-order valence-corrected chi connectivity index (χ4v) is 1.70. The zero-order valence-corrected chi connectivity index (χ0v) is 8.59. The minimum Gasteiger partial charge on any atom is -0.322 e. The van der Waals surface area contributed by atoms with Crippen molar-refractivity contribution in [1.82, 2.24) is 0 Å². The number of nitrogens with two attached hydrogens (primary N) is 1. The van der Waals surface area contributed by atoms with E-state index in [9.17, 15) is 0 Å². The van der Waals surface area contributed by atoms with Gasteiger partial charge in [-0.25, -0.2) is 0 Å². The van der Waals surface area contributed by atoms with Crippen molar-refractivity contribution in [3.05, 3.63) is 36.5 Å². The molecule has 0 spiro atoms. The Hall–Kier alpha value is -0.820. The van der Waals surface area contributed by atoms with Crippen molar-refractivity contribution < 1.29 is 0 Å². The Morgan fingerprint density at radius 2 is 1.77 bits per heavy atom. The molecule has 0 unspecified atom stereocenters. The highest BCUT2D eigenvalue weighted by Crippen LogP contribution is 2.30. The molecule has 0 aliphatic heterocycles.